The Kier molecular flexibility index (Phi) is 6.32. The zero-order valence-corrected chi connectivity index (χ0v) is 17.1. The summed E-state index contributed by atoms with van der Waals surface area (Å²) in [4.78, 5) is 8.83. The number of aryl methyl sites for hydroxylation is 2. The first-order chi connectivity index (χ1) is 12.6. The van der Waals surface area contributed by atoms with E-state index < -0.39 is 0 Å². The second-order valence-corrected chi connectivity index (χ2v) is 7.79. The molecular formula is C19H30N6S. The summed E-state index contributed by atoms with van der Waals surface area (Å²) in [5, 5.41) is 13.5. The summed E-state index contributed by atoms with van der Waals surface area (Å²) in [7, 11) is 1.98. The normalized spacial score (nSPS) is 15.2. The molecule has 0 aliphatic carbocycles. The highest BCUT2D eigenvalue weighted by Crippen LogP contribution is 2.23. The summed E-state index contributed by atoms with van der Waals surface area (Å²) in [6.07, 6.45) is 1.18. The minimum Gasteiger partial charge on any atom is -0.357 e. The van der Waals surface area contributed by atoms with Crippen molar-refractivity contribution in [3.05, 3.63) is 38.8 Å². The van der Waals surface area contributed by atoms with Gasteiger partial charge < -0.3 is 10.6 Å². The van der Waals surface area contributed by atoms with Crippen LogP contribution in [-0.2, 0) is 26.6 Å². The van der Waals surface area contributed by atoms with Crippen LogP contribution in [0.3, 0.4) is 0 Å². The third-order valence-corrected chi connectivity index (χ3v) is 6.03. The highest BCUT2D eigenvalue weighted by atomic mass is 32.1. The number of nitrogens with zero attached hydrogens (tertiary/aromatic N) is 4. The summed E-state index contributed by atoms with van der Waals surface area (Å²) in [5.74, 6) is 0.878. The standard InChI is InChI=1S/C19H30N6S/c1-5-20-19(22-12-17-14(2)23-24(4)15(17)3)21-8-10-25-9-6-18-16(13-25)7-11-26-18/h7,11H,5-6,8-10,12-13H2,1-4H3,(H2,20,21,22). The SMILES string of the molecule is CCNC(=NCc1c(C)nn(C)c1C)NCCN1CCc2sccc2C1. The van der Waals surface area contributed by atoms with Crippen LogP contribution >= 0.6 is 11.3 Å². The lowest BCUT2D eigenvalue weighted by Crippen LogP contribution is -2.42. The Bertz CT molecular complexity index is 760. The highest BCUT2D eigenvalue weighted by molar-refractivity contribution is 7.10. The molecule has 0 atom stereocenters. The molecule has 3 rings (SSSR count). The Morgan fingerprint density at radius 2 is 2.19 bits per heavy atom. The predicted molar refractivity (Wildman–Crippen MR) is 109 cm³/mol. The molecule has 0 bridgehead atoms. The summed E-state index contributed by atoms with van der Waals surface area (Å²) in [6.45, 7) is 11.9. The van der Waals surface area contributed by atoms with Crippen LogP contribution in [-0.4, -0.2) is 46.8 Å². The molecule has 2 N–H and O–H groups in total. The highest BCUT2D eigenvalue weighted by Gasteiger charge is 2.16. The lowest BCUT2D eigenvalue weighted by atomic mass is 10.1. The monoisotopic (exact) mass is 374 g/mol. The van der Waals surface area contributed by atoms with Gasteiger partial charge in [-0.05, 0) is 44.2 Å². The van der Waals surface area contributed by atoms with Crippen LogP contribution in [0.15, 0.2) is 16.4 Å². The van der Waals surface area contributed by atoms with Gasteiger partial charge in [0.1, 0.15) is 0 Å². The van der Waals surface area contributed by atoms with Crippen molar-refractivity contribution < 1.29 is 0 Å². The van der Waals surface area contributed by atoms with Crippen molar-refractivity contribution in [1.82, 2.24) is 25.3 Å². The smallest absolute Gasteiger partial charge is 0.191 e. The van der Waals surface area contributed by atoms with Gasteiger partial charge in [-0.15, -0.1) is 11.3 Å². The molecule has 1 aliphatic rings. The lowest BCUT2D eigenvalue weighted by Gasteiger charge is -2.27. The van der Waals surface area contributed by atoms with Gasteiger partial charge in [-0.25, -0.2) is 4.99 Å². The van der Waals surface area contributed by atoms with E-state index in [0.717, 1.165) is 44.4 Å². The van der Waals surface area contributed by atoms with E-state index in [-0.39, 0.29) is 0 Å². The fourth-order valence-electron chi connectivity index (χ4n) is 3.38. The molecule has 0 fully saturated rings. The quantitative estimate of drug-likeness (QED) is 0.601. The number of aromatic nitrogens is 2. The van der Waals surface area contributed by atoms with E-state index in [4.69, 9.17) is 4.99 Å². The molecule has 2 aromatic heterocycles. The zero-order valence-electron chi connectivity index (χ0n) is 16.3. The van der Waals surface area contributed by atoms with Crippen molar-refractivity contribution in [2.75, 3.05) is 26.2 Å². The Hall–Kier alpha value is -1.86. The zero-order chi connectivity index (χ0) is 18.5. The molecule has 1 aliphatic heterocycles. The summed E-state index contributed by atoms with van der Waals surface area (Å²) in [6, 6.07) is 2.27. The molecule has 26 heavy (non-hydrogen) atoms. The van der Waals surface area contributed by atoms with Crippen LogP contribution in [0.4, 0.5) is 0 Å². The number of hydrogen-bond donors (Lipinski definition) is 2. The second kappa shape index (κ2) is 8.68. The number of fused-ring (bicyclic) bond motifs is 1. The van der Waals surface area contributed by atoms with Crippen molar-refractivity contribution in [2.24, 2.45) is 12.0 Å². The molecule has 0 unspecified atom stereocenters. The fourth-order valence-corrected chi connectivity index (χ4v) is 4.27. The number of rotatable bonds is 6. The number of hydrogen-bond acceptors (Lipinski definition) is 4. The van der Waals surface area contributed by atoms with Crippen LogP contribution in [0.2, 0.25) is 0 Å². The van der Waals surface area contributed by atoms with Crippen molar-refractivity contribution >= 4 is 17.3 Å². The molecule has 7 heteroatoms. The third-order valence-electron chi connectivity index (χ3n) is 5.01. The molecule has 0 saturated carbocycles. The van der Waals surface area contributed by atoms with Gasteiger partial charge >= 0.3 is 0 Å². The fraction of sp³-hybridized carbons (Fsp3) is 0.579. The van der Waals surface area contributed by atoms with Crippen molar-refractivity contribution in [1.29, 1.82) is 0 Å². The van der Waals surface area contributed by atoms with Gasteiger partial charge in [0.2, 0.25) is 0 Å². The van der Waals surface area contributed by atoms with E-state index in [0.29, 0.717) is 6.54 Å². The van der Waals surface area contributed by atoms with E-state index in [1.54, 1.807) is 4.88 Å². The predicted octanol–water partition coefficient (Wildman–Crippen LogP) is 2.21. The third kappa shape index (κ3) is 4.45. The van der Waals surface area contributed by atoms with Gasteiger partial charge in [0.25, 0.3) is 0 Å². The molecule has 0 spiro atoms. The topological polar surface area (TPSA) is 57.5 Å². The molecule has 2 aromatic rings. The van der Waals surface area contributed by atoms with E-state index in [1.165, 1.54) is 23.2 Å². The largest absolute Gasteiger partial charge is 0.357 e. The van der Waals surface area contributed by atoms with Gasteiger partial charge in [0, 0.05) is 55.9 Å². The van der Waals surface area contributed by atoms with Crippen molar-refractivity contribution in [3.8, 4) is 0 Å². The lowest BCUT2D eigenvalue weighted by molar-refractivity contribution is 0.260. The minimum atomic E-state index is 0.656. The van der Waals surface area contributed by atoms with Crippen LogP contribution in [0.1, 0.15) is 34.3 Å². The summed E-state index contributed by atoms with van der Waals surface area (Å²) < 4.78 is 1.93. The molecule has 6 nitrogen and oxygen atoms in total. The van der Waals surface area contributed by atoms with Crippen LogP contribution in [0, 0.1) is 13.8 Å². The van der Waals surface area contributed by atoms with Gasteiger partial charge in [-0.3, -0.25) is 9.58 Å². The van der Waals surface area contributed by atoms with E-state index in [9.17, 15) is 0 Å². The first kappa shape index (κ1) is 18.9. The van der Waals surface area contributed by atoms with Crippen LogP contribution in [0.25, 0.3) is 0 Å². The maximum atomic E-state index is 4.75. The average molecular weight is 375 g/mol. The number of nitrogens with one attached hydrogen (secondary N) is 2. The number of aliphatic imine (C=N–C) groups is 1. The molecule has 3 heterocycles. The van der Waals surface area contributed by atoms with E-state index >= 15 is 0 Å². The molecule has 142 valence electrons. The Morgan fingerprint density at radius 3 is 2.92 bits per heavy atom. The molecule has 0 radical (unpaired) electrons. The first-order valence-electron chi connectivity index (χ1n) is 9.37. The van der Waals surface area contributed by atoms with Crippen molar-refractivity contribution in [3.63, 3.8) is 0 Å². The first-order valence-corrected chi connectivity index (χ1v) is 10.2. The van der Waals surface area contributed by atoms with Gasteiger partial charge in [-0.2, -0.15) is 5.10 Å². The molecular weight excluding hydrogens is 344 g/mol. The van der Waals surface area contributed by atoms with E-state index in [1.807, 2.05) is 30.0 Å². The molecule has 0 amide bonds. The molecule has 0 aromatic carbocycles. The van der Waals surface area contributed by atoms with Gasteiger partial charge in [0.15, 0.2) is 5.96 Å². The average Bonchev–Trinajstić information content (AvgIpc) is 3.17. The Balaban J connectivity index is 1.52. The minimum absolute atomic E-state index is 0.656. The van der Waals surface area contributed by atoms with Gasteiger partial charge in [-0.1, -0.05) is 0 Å². The van der Waals surface area contributed by atoms with E-state index in [2.05, 4.69) is 45.9 Å². The molecule has 0 saturated heterocycles. The maximum Gasteiger partial charge on any atom is 0.191 e. The van der Waals surface area contributed by atoms with Crippen LogP contribution in [0.5, 0.6) is 0 Å². The maximum absolute atomic E-state index is 4.75. The van der Waals surface area contributed by atoms with Crippen LogP contribution < -0.4 is 10.6 Å². The second-order valence-electron chi connectivity index (χ2n) is 6.79. The van der Waals surface area contributed by atoms with Crippen molar-refractivity contribution in [2.45, 2.75) is 40.3 Å². The summed E-state index contributed by atoms with van der Waals surface area (Å²) in [5.41, 5.74) is 4.96. The Labute approximate surface area is 160 Å². The number of thiophene rings is 1. The summed E-state index contributed by atoms with van der Waals surface area (Å²) >= 11 is 1.89. The van der Waals surface area contributed by atoms with Gasteiger partial charge in [0.05, 0.1) is 12.2 Å². The Morgan fingerprint density at radius 1 is 1.35 bits per heavy atom. The number of guanidine groups is 1.